The Labute approximate surface area is 185 Å². The molecule has 3 aromatic carbocycles. The number of nitrogens with one attached hydrogen (secondary N) is 2. The Bertz CT molecular complexity index is 1330. The number of nitrogens with zero attached hydrogens (tertiary/aromatic N) is 2. The monoisotopic (exact) mass is 448 g/mol. The number of para-hydroxylation sites is 1. The van der Waals surface area contributed by atoms with Crippen molar-refractivity contribution in [3.63, 3.8) is 0 Å². The minimum absolute atomic E-state index is 0.0317. The van der Waals surface area contributed by atoms with Crippen molar-refractivity contribution >= 4 is 27.4 Å². The number of carbonyl (C=O) groups excluding carboxylic acids is 1. The number of anilines is 2. The topological polar surface area (TPSA) is 102 Å². The van der Waals surface area contributed by atoms with Crippen molar-refractivity contribution < 1.29 is 17.9 Å². The van der Waals surface area contributed by atoms with E-state index in [2.05, 4.69) is 15.1 Å². The number of amides is 1. The first-order valence-electron chi connectivity index (χ1n) is 9.64. The lowest BCUT2D eigenvalue weighted by Gasteiger charge is -2.10. The van der Waals surface area contributed by atoms with E-state index in [1.54, 1.807) is 41.2 Å². The molecule has 1 heterocycles. The van der Waals surface area contributed by atoms with Gasteiger partial charge in [0.05, 0.1) is 17.7 Å². The number of carbonyl (C=O) groups is 1. The highest BCUT2D eigenvalue weighted by molar-refractivity contribution is 7.92. The van der Waals surface area contributed by atoms with Gasteiger partial charge < -0.3 is 10.1 Å². The fourth-order valence-corrected chi connectivity index (χ4v) is 4.09. The number of methoxy groups -OCH3 is 1. The highest BCUT2D eigenvalue weighted by Crippen LogP contribution is 2.20. The third-order valence-corrected chi connectivity index (χ3v) is 5.98. The molecule has 4 rings (SSSR count). The van der Waals surface area contributed by atoms with Crippen molar-refractivity contribution in [3.05, 3.63) is 96.7 Å². The van der Waals surface area contributed by atoms with Crippen LogP contribution in [0.5, 0.6) is 5.75 Å². The van der Waals surface area contributed by atoms with E-state index < -0.39 is 15.9 Å². The standard InChI is InChI=1S/C23H20N4O4S/c1-31-20-12-10-18(11-13-20)26-32(29,30)21-9-5-6-17(16-21)23(28)24-22-14-15-27(25-22)19-7-3-2-4-8-19/h2-16,26H,1H3,(H,24,25,28). The molecule has 2 N–H and O–H groups in total. The second kappa shape index (κ2) is 8.94. The molecule has 8 nitrogen and oxygen atoms in total. The van der Waals surface area contributed by atoms with Crippen LogP contribution in [0.1, 0.15) is 10.4 Å². The third-order valence-electron chi connectivity index (χ3n) is 4.60. The molecule has 0 aliphatic rings. The smallest absolute Gasteiger partial charge is 0.261 e. The summed E-state index contributed by atoms with van der Waals surface area (Å²) in [7, 11) is -2.35. The Morgan fingerprint density at radius 2 is 1.69 bits per heavy atom. The van der Waals surface area contributed by atoms with Gasteiger partial charge in [0.1, 0.15) is 5.75 Å². The molecular formula is C23H20N4O4S. The minimum atomic E-state index is -3.88. The summed E-state index contributed by atoms with van der Waals surface area (Å²) < 4.78 is 34.7. The number of sulfonamides is 1. The van der Waals surface area contributed by atoms with Crippen LogP contribution < -0.4 is 14.8 Å². The lowest BCUT2D eigenvalue weighted by molar-refractivity contribution is 0.102. The van der Waals surface area contributed by atoms with Gasteiger partial charge in [0.25, 0.3) is 15.9 Å². The zero-order valence-corrected chi connectivity index (χ0v) is 17.9. The van der Waals surface area contributed by atoms with Crippen LogP contribution in [0, 0.1) is 0 Å². The maximum atomic E-state index is 12.8. The number of benzene rings is 3. The van der Waals surface area contributed by atoms with E-state index in [1.165, 1.54) is 31.4 Å². The largest absolute Gasteiger partial charge is 0.497 e. The number of aromatic nitrogens is 2. The van der Waals surface area contributed by atoms with Crippen LogP contribution >= 0.6 is 0 Å². The van der Waals surface area contributed by atoms with E-state index in [-0.39, 0.29) is 10.5 Å². The summed E-state index contributed by atoms with van der Waals surface area (Å²) in [5, 5.41) is 7.02. The second-order valence-electron chi connectivity index (χ2n) is 6.80. The summed E-state index contributed by atoms with van der Waals surface area (Å²) in [5.41, 5.74) is 1.43. The van der Waals surface area contributed by atoms with E-state index in [9.17, 15) is 13.2 Å². The molecule has 0 saturated carbocycles. The molecule has 0 aliphatic carbocycles. The molecule has 0 atom stereocenters. The zero-order chi connectivity index (χ0) is 22.6. The van der Waals surface area contributed by atoms with Crippen LogP contribution in [-0.2, 0) is 10.0 Å². The predicted molar refractivity (Wildman–Crippen MR) is 122 cm³/mol. The van der Waals surface area contributed by atoms with E-state index in [0.29, 0.717) is 17.3 Å². The first-order chi connectivity index (χ1) is 15.4. The summed E-state index contributed by atoms with van der Waals surface area (Å²) >= 11 is 0. The fourth-order valence-electron chi connectivity index (χ4n) is 2.98. The lowest BCUT2D eigenvalue weighted by atomic mass is 10.2. The molecule has 0 spiro atoms. The molecule has 0 bridgehead atoms. The van der Waals surface area contributed by atoms with Crippen molar-refractivity contribution in [2.24, 2.45) is 0 Å². The van der Waals surface area contributed by atoms with Gasteiger partial charge in [0, 0.05) is 23.5 Å². The summed E-state index contributed by atoms with van der Waals surface area (Å²) in [5.74, 6) is 0.495. The van der Waals surface area contributed by atoms with Gasteiger partial charge in [-0.3, -0.25) is 9.52 Å². The van der Waals surface area contributed by atoms with Gasteiger partial charge in [-0.2, -0.15) is 5.10 Å². The summed E-state index contributed by atoms with van der Waals surface area (Å²) in [6.07, 6.45) is 1.73. The van der Waals surface area contributed by atoms with Crippen LogP contribution in [0.2, 0.25) is 0 Å². The summed E-state index contributed by atoms with van der Waals surface area (Å²) in [6.45, 7) is 0. The van der Waals surface area contributed by atoms with E-state index in [4.69, 9.17) is 4.74 Å². The Kier molecular flexibility index (Phi) is 5.91. The Morgan fingerprint density at radius 3 is 2.41 bits per heavy atom. The SMILES string of the molecule is COc1ccc(NS(=O)(=O)c2cccc(C(=O)Nc3ccn(-c4ccccc4)n3)c2)cc1. The average Bonchev–Trinajstić information content (AvgIpc) is 3.28. The molecule has 0 saturated heterocycles. The van der Waals surface area contributed by atoms with Crippen molar-refractivity contribution in [3.8, 4) is 11.4 Å². The summed E-state index contributed by atoms with van der Waals surface area (Å²) in [4.78, 5) is 12.6. The van der Waals surface area contributed by atoms with Crippen LogP contribution in [-0.4, -0.2) is 31.2 Å². The number of hydrogen-bond acceptors (Lipinski definition) is 5. The van der Waals surface area contributed by atoms with E-state index in [0.717, 1.165) is 5.69 Å². The molecule has 0 fully saturated rings. The average molecular weight is 449 g/mol. The van der Waals surface area contributed by atoms with Gasteiger partial charge in [0.15, 0.2) is 5.82 Å². The molecule has 32 heavy (non-hydrogen) atoms. The highest BCUT2D eigenvalue weighted by atomic mass is 32.2. The molecule has 0 radical (unpaired) electrons. The predicted octanol–water partition coefficient (Wildman–Crippen LogP) is 3.93. The van der Waals surface area contributed by atoms with Crippen molar-refractivity contribution in [1.29, 1.82) is 0 Å². The van der Waals surface area contributed by atoms with Gasteiger partial charge >= 0.3 is 0 Å². The summed E-state index contributed by atoms with van der Waals surface area (Å²) in [6, 6.07) is 23.4. The lowest BCUT2D eigenvalue weighted by Crippen LogP contribution is -2.16. The Morgan fingerprint density at radius 1 is 0.938 bits per heavy atom. The van der Waals surface area contributed by atoms with Crippen molar-refractivity contribution in [2.45, 2.75) is 4.90 Å². The second-order valence-corrected chi connectivity index (χ2v) is 8.48. The van der Waals surface area contributed by atoms with E-state index in [1.807, 2.05) is 30.3 Å². The van der Waals surface area contributed by atoms with Gasteiger partial charge in [-0.15, -0.1) is 0 Å². The fraction of sp³-hybridized carbons (Fsp3) is 0.0435. The van der Waals surface area contributed by atoms with Gasteiger partial charge in [-0.1, -0.05) is 24.3 Å². The maximum absolute atomic E-state index is 12.8. The van der Waals surface area contributed by atoms with Crippen molar-refractivity contribution in [2.75, 3.05) is 17.1 Å². The van der Waals surface area contributed by atoms with Gasteiger partial charge in [0.2, 0.25) is 0 Å². The van der Waals surface area contributed by atoms with Crippen LogP contribution in [0.15, 0.2) is 96.0 Å². The number of rotatable bonds is 7. The normalized spacial score (nSPS) is 11.0. The minimum Gasteiger partial charge on any atom is -0.497 e. The van der Waals surface area contributed by atoms with Crippen LogP contribution in [0.3, 0.4) is 0 Å². The number of ether oxygens (including phenoxy) is 1. The molecule has 4 aromatic rings. The first-order valence-corrected chi connectivity index (χ1v) is 11.1. The molecule has 0 aliphatic heterocycles. The molecule has 1 amide bonds. The maximum Gasteiger partial charge on any atom is 0.261 e. The first kappa shape index (κ1) is 21.1. The molecule has 9 heteroatoms. The molecule has 0 unspecified atom stereocenters. The van der Waals surface area contributed by atoms with Gasteiger partial charge in [-0.25, -0.2) is 13.1 Å². The molecule has 1 aromatic heterocycles. The van der Waals surface area contributed by atoms with Gasteiger partial charge in [-0.05, 0) is 54.6 Å². The quantitative estimate of drug-likeness (QED) is 0.446. The van der Waals surface area contributed by atoms with Crippen LogP contribution in [0.25, 0.3) is 5.69 Å². The Hall–Kier alpha value is -4.11. The third kappa shape index (κ3) is 4.79. The zero-order valence-electron chi connectivity index (χ0n) is 17.1. The highest BCUT2D eigenvalue weighted by Gasteiger charge is 2.17. The molecule has 162 valence electrons. The van der Waals surface area contributed by atoms with E-state index >= 15 is 0 Å². The van der Waals surface area contributed by atoms with Crippen LogP contribution in [0.4, 0.5) is 11.5 Å². The Balaban J connectivity index is 1.49. The number of hydrogen-bond donors (Lipinski definition) is 2. The van der Waals surface area contributed by atoms with Crippen molar-refractivity contribution in [1.82, 2.24) is 9.78 Å². The molecular weight excluding hydrogens is 428 g/mol.